The monoisotopic (exact) mass is 263 g/mol. The molecule has 6 nitrogen and oxygen atoms in total. The minimum absolute atomic E-state index is 0.176. The Morgan fingerprint density at radius 2 is 2.11 bits per heavy atom. The molecule has 0 fully saturated rings. The van der Waals surface area contributed by atoms with Gasteiger partial charge in [0.2, 0.25) is 12.7 Å². The van der Waals surface area contributed by atoms with Crippen molar-refractivity contribution in [3.05, 3.63) is 30.4 Å². The number of fused-ring (bicyclic) bond motifs is 1. The first-order chi connectivity index (χ1) is 9.19. The van der Waals surface area contributed by atoms with E-state index in [1.54, 1.807) is 25.1 Å². The lowest BCUT2D eigenvalue weighted by molar-refractivity contribution is -0.137. The van der Waals surface area contributed by atoms with E-state index < -0.39 is 11.9 Å². The number of ether oxygens (including phenoxy) is 3. The Morgan fingerprint density at radius 1 is 1.32 bits per heavy atom. The number of benzene rings is 1. The molecule has 0 saturated carbocycles. The van der Waals surface area contributed by atoms with Crippen molar-refractivity contribution >= 4 is 17.6 Å². The van der Waals surface area contributed by atoms with Gasteiger partial charge in [-0.1, -0.05) is 0 Å². The molecule has 1 amide bonds. The van der Waals surface area contributed by atoms with Crippen molar-refractivity contribution in [2.75, 3.05) is 18.7 Å². The van der Waals surface area contributed by atoms with Gasteiger partial charge in [0, 0.05) is 23.9 Å². The molecule has 1 aromatic carbocycles. The molecule has 2 rings (SSSR count). The quantitative estimate of drug-likeness (QED) is 0.657. The second-order valence-corrected chi connectivity index (χ2v) is 3.64. The average molecular weight is 263 g/mol. The molecule has 0 aromatic heterocycles. The van der Waals surface area contributed by atoms with Crippen molar-refractivity contribution in [1.29, 1.82) is 0 Å². The maximum Gasteiger partial charge on any atom is 0.330 e. The van der Waals surface area contributed by atoms with Crippen molar-refractivity contribution in [3.8, 4) is 11.5 Å². The van der Waals surface area contributed by atoms with Gasteiger partial charge in [-0.05, 0) is 19.1 Å². The smallest absolute Gasteiger partial charge is 0.330 e. The third-order valence-corrected chi connectivity index (χ3v) is 2.30. The van der Waals surface area contributed by atoms with E-state index in [4.69, 9.17) is 9.47 Å². The fourth-order valence-corrected chi connectivity index (χ4v) is 1.49. The lowest BCUT2D eigenvalue weighted by Gasteiger charge is -2.03. The maximum absolute atomic E-state index is 11.5. The molecule has 1 heterocycles. The summed E-state index contributed by atoms with van der Waals surface area (Å²) in [4.78, 5) is 22.6. The van der Waals surface area contributed by atoms with Crippen LogP contribution in [0.15, 0.2) is 30.4 Å². The van der Waals surface area contributed by atoms with Crippen molar-refractivity contribution in [1.82, 2.24) is 0 Å². The molecule has 0 atom stereocenters. The number of carbonyl (C=O) groups excluding carboxylic acids is 2. The van der Waals surface area contributed by atoms with Gasteiger partial charge in [0.1, 0.15) is 0 Å². The number of anilines is 1. The minimum Gasteiger partial charge on any atom is -0.463 e. The van der Waals surface area contributed by atoms with E-state index in [9.17, 15) is 9.59 Å². The molecule has 0 unspecified atom stereocenters. The van der Waals surface area contributed by atoms with Crippen LogP contribution in [0.3, 0.4) is 0 Å². The number of hydrogen-bond donors (Lipinski definition) is 1. The number of carbonyl (C=O) groups is 2. The first-order valence-electron chi connectivity index (χ1n) is 5.74. The molecule has 0 radical (unpaired) electrons. The topological polar surface area (TPSA) is 73.9 Å². The van der Waals surface area contributed by atoms with Gasteiger partial charge in [-0.15, -0.1) is 0 Å². The van der Waals surface area contributed by atoms with Gasteiger partial charge in [0.15, 0.2) is 11.5 Å². The highest BCUT2D eigenvalue weighted by Crippen LogP contribution is 2.34. The van der Waals surface area contributed by atoms with E-state index in [0.29, 0.717) is 17.2 Å². The van der Waals surface area contributed by atoms with Crippen LogP contribution in [0, 0.1) is 0 Å². The summed E-state index contributed by atoms with van der Waals surface area (Å²) in [5.74, 6) is 0.238. The van der Waals surface area contributed by atoms with Crippen molar-refractivity contribution in [2.45, 2.75) is 6.92 Å². The Hall–Kier alpha value is -2.50. The Balaban J connectivity index is 1.94. The molecule has 100 valence electrons. The summed E-state index contributed by atoms with van der Waals surface area (Å²) in [5, 5.41) is 2.60. The number of amides is 1. The second-order valence-electron chi connectivity index (χ2n) is 3.64. The predicted octanol–water partition coefficient (Wildman–Crippen LogP) is 1.47. The van der Waals surface area contributed by atoms with Crippen molar-refractivity contribution in [3.63, 3.8) is 0 Å². The van der Waals surface area contributed by atoms with Crippen LogP contribution in [0.5, 0.6) is 11.5 Å². The van der Waals surface area contributed by atoms with Gasteiger partial charge >= 0.3 is 5.97 Å². The molecule has 6 heteroatoms. The van der Waals surface area contributed by atoms with Crippen LogP contribution in [0.25, 0.3) is 0 Å². The van der Waals surface area contributed by atoms with Crippen LogP contribution in [0.2, 0.25) is 0 Å². The summed E-state index contributed by atoms with van der Waals surface area (Å²) in [6, 6.07) is 5.04. The summed E-state index contributed by atoms with van der Waals surface area (Å²) in [5.41, 5.74) is 0.558. The zero-order valence-electron chi connectivity index (χ0n) is 10.3. The second kappa shape index (κ2) is 5.90. The number of esters is 1. The van der Waals surface area contributed by atoms with Crippen molar-refractivity contribution < 1.29 is 23.8 Å². The summed E-state index contributed by atoms with van der Waals surface area (Å²) in [7, 11) is 0. The summed E-state index contributed by atoms with van der Waals surface area (Å²) in [6.07, 6.45) is 2.19. The fraction of sp³-hybridized carbons (Fsp3) is 0.231. The molecule has 1 aromatic rings. The zero-order chi connectivity index (χ0) is 13.7. The van der Waals surface area contributed by atoms with Gasteiger partial charge < -0.3 is 19.5 Å². The number of nitrogens with one attached hydrogen (secondary N) is 1. The molecule has 19 heavy (non-hydrogen) atoms. The maximum atomic E-state index is 11.5. The molecule has 0 bridgehead atoms. The van der Waals surface area contributed by atoms with E-state index in [0.717, 1.165) is 12.2 Å². The fourth-order valence-electron chi connectivity index (χ4n) is 1.49. The van der Waals surface area contributed by atoms with Crippen LogP contribution in [-0.2, 0) is 14.3 Å². The molecule has 1 aliphatic heterocycles. The Labute approximate surface area is 110 Å². The summed E-state index contributed by atoms with van der Waals surface area (Å²) in [6.45, 7) is 2.14. The van der Waals surface area contributed by atoms with E-state index in [2.05, 4.69) is 10.1 Å². The van der Waals surface area contributed by atoms with E-state index >= 15 is 0 Å². The largest absolute Gasteiger partial charge is 0.463 e. The number of rotatable bonds is 4. The van der Waals surface area contributed by atoms with Crippen LogP contribution in [0.1, 0.15) is 6.92 Å². The normalized spacial score (nSPS) is 12.5. The Kier molecular flexibility index (Phi) is 4.02. The Morgan fingerprint density at radius 3 is 2.89 bits per heavy atom. The minimum atomic E-state index is -0.552. The molecule has 0 aliphatic carbocycles. The van der Waals surface area contributed by atoms with Crippen LogP contribution in [-0.4, -0.2) is 25.3 Å². The van der Waals surface area contributed by atoms with Gasteiger partial charge in [-0.3, -0.25) is 4.79 Å². The van der Waals surface area contributed by atoms with Gasteiger partial charge in [-0.2, -0.15) is 0 Å². The number of hydrogen-bond acceptors (Lipinski definition) is 5. The summed E-state index contributed by atoms with van der Waals surface area (Å²) < 4.78 is 15.0. The molecular formula is C13H13NO5. The highest BCUT2D eigenvalue weighted by atomic mass is 16.7. The van der Waals surface area contributed by atoms with E-state index in [-0.39, 0.29) is 13.4 Å². The summed E-state index contributed by atoms with van der Waals surface area (Å²) >= 11 is 0. The molecule has 1 N–H and O–H groups in total. The Bertz CT molecular complexity index is 524. The standard InChI is InChI=1S/C13H13NO5/c1-2-17-13(16)6-5-12(15)14-9-3-4-10-11(7-9)19-8-18-10/h3-7H,2,8H2,1H3,(H,14,15). The third kappa shape index (κ3) is 3.48. The predicted molar refractivity (Wildman–Crippen MR) is 67.0 cm³/mol. The lowest BCUT2D eigenvalue weighted by atomic mass is 10.2. The highest BCUT2D eigenvalue weighted by molar-refractivity contribution is 6.02. The van der Waals surface area contributed by atoms with E-state index in [1.165, 1.54) is 0 Å². The van der Waals surface area contributed by atoms with Gasteiger partial charge in [-0.25, -0.2) is 4.79 Å². The van der Waals surface area contributed by atoms with Gasteiger partial charge in [0.05, 0.1) is 6.61 Å². The van der Waals surface area contributed by atoms with Gasteiger partial charge in [0.25, 0.3) is 0 Å². The molecule has 0 spiro atoms. The van der Waals surface area contributed by atoms with E-state index in [1.807, 2.05) is 0 Å². The molecular weight excluding hydrogens is 250 g/mol. The van der Waals surface area contributed by atoms with Crippen molar-refractivity contribution in [2.24, 2.45) is 0 Å². The van der Waals surface area contributed by atoms with Crippen LogP contribution in [0.4, 0.5) is 5.69 Å². The highest BCUT2D eigenvalue weighted by Gasteiger charge is 2.13. The SMILES string of the molecule is CCOC(=O)C=CC(=O)Nc1ccc2c(c1)OCO2. The first kappa shape index (κ1) is 12.9. The zero-order valence-corrected chi connectivity index (χ0v) is 10.3. The average Bonchev–Trinajstić information content (AvgIpc) is 2.84. The van der Waals surface area contributed by atoms with Crippen LogP contribution < -0.4 is 14.8 Å². The molecule has 1 aliphatic rings. The van der Waals surface area contributed by atoms with Crippen LogP contribution >= 0.6 is 0 Å². The molecule has 0 saturated heterocycles. The lowest BCUT2D eigenvalue weighted by Crippen LogP contribution is -2.09. The third-order valence-electron chi connectivity index (χ3n) is 2.30. The first-order valence-corrected chi connectivity index (χ1v) is 5.74.